The number of piperidine rings is 1. The molecule has 0 bridgehead atoms. The number of aromatic amines is 1. The van der Waals surface area contributed by atoms with E-state index in [2.05, 4.69) is 20.4 Å². The summed E-state index contributed by atoms with van der Waals surface area (Å²) in [5, 5.41) is 14.2. The van der Waals surface area contributed by atoms with Crippen molar-refractivity contribution in [3.63, 3.8) is 0 Å². The van der Waals surface area contributed by atoms with Gasteiger partial charge in [0.25, 0.3) is 5.91 Å². The number of nitrogens with one attached hydrogen (secondary N) is 2. The lowest BCUT2D eigenvalue weighted by atomic mass is 10.0. The number of hydrogen-bond donors (Lipinski definition) is 2. The molecular weight excluding hydrogens is 324 g/mol. The molecule has 1 amide bonds. The monoisotopic (exact) mass is 346 g/mol. The molecule has 2 aromatic heterocycles. The molecule has 6 nitrogen and oxygen atoms in total. The smallest absolute Gasteiger partial charge is 0.269 e. The molecule has 0 radical (unpaired) electrons. The van der Waals surface area contributed by atoms with Gasteiger partial charge in [0, 0.05) is 10.9 Å². The van der Waals surface area contributed by atoms with E-state index in [1.54, 1.807) is 11.3 Å². The van der Waals surface area contributed by atoms with Crippen molar-refractivity contribution in [3.05, 3.63) is 28.6 Å². The lowest BCUT2D eigenvalue weighted by Gasteiger charge is -2.34. The van der Waals surface area contributed by atoms with E-state index < -0.39 is 0 Å². The standard InChI is InChI=1S/C17H22N4O2S/c22-17(14-8-13(19-20-14)12-4-7-24-11-12)18-15-9-23-10-16(15)21-5-2-1-3-6-21/h4,7-8,11,15-16H,1-3,5-6,9-10H2,(H,18,22)(H,19,20)/t15-,16-/m1/s1. The minimum atomic E-state index is -0.110. The SMILES string of the molecule is O=C(N[C@@H]1COC[C@H]1N1CCCCC1)c1cc(-c2ccsc2)n[nH]1. The number of ether oxygens (including phenoxy) is 1. The molecule has 4 heterocycles. The molecule has 24 heavy (non-hydrogen) atoms. The Morgan fingerprint density at radius 1 is 1.33 bits per heavy atom. The number of amides is 1. The molecule has 2 saturated heterocycles. The Labute approximate surface area is 145 Å². The zero-order chi connectivity index (χ0) is 16.4. The summed E-state index contributed by atoms with van der Waals surface area (Å²) in [4.78, 5) is 15.0. The maximum absolute atomic E-state index is 12.6. The lowest BCUT2D eigenvalue weighted by molar-refractivity contribution is 0.0895. The van der Waals surface area contributed by atoms with Gasteiger partial charge in [-0.3, -0.25) is 14.8 Å². The first-order chi connectivity index (χ1) is 11.8. The van der Waals surface area contributed by atoms with E-state index in [0.29, 0.717) is 18.9 Å². The van der Waals surface area contributed by atoms with Crippen LogP contribution in [0.5, 0.6) is 0 Å². The van der Waals surface area contributed by atoms with Gasteiger partial charge in [0.1, 0.15) is 5.69 Å². The first-order valence-electron chi connectivity index (χ1n) is 8.52. The summed E-state index contributed by atoms with van der Waals surface area (Å²) in [6.45, 7) is 3.49. The molecule has 2 N–H and O–H groups in total. The summed E-state index contributed by atoms with van der Waals surface area (Å²) in [7, 11) is 0. The first-order valence-corrected chi connectivity index (χ1v) is 9.46. The lowest BCUT2D eigenvalue weighted by Crippen LogP contribution is -2.52. The molecule has 2 aliphatic rings. The van der Waals surface area contributed by atoms with Gasteiger partial charge < -0.3 is 10.1 Å². The maximum atomic E-state index is 12.6. The number of hydrogen-bond acceptors (Lipinski definition) is 5. The van der Waals surface area contributed by atoms with Crippen LogP contribution >= 0.6 is 11.3 Å². The summed E-state index contributed by atoms with van der Waals surface area (Å²) in [6.07, 6.45) is 3.78. The molecular formula is C17H22N4O2S. The predicted octanol–water partition coefficient (Wildman–Crippen LogP) is 2.12. The topological polar surface area (TPSA) is 70.2 Å². The molecule has 0 aliphatic carbocycles. The van der Waals surface area contributed by atoms with E-state index in [0.717, 1.165) is 24.3 Å². The van der Waals surface area contributed by atoms with Crippen molar-refractivity contribution in [2.24, 2.45) is 0 Å². The maximum Gasteiger partial charge on any atom is 0.269 e. The molecule has 0 spiro atoms. The molecule has 2 fully saturated rings. The zero-order valence-corrected chi connectivity index (χ0v) is 14.3. The van der Waals surface area contributed by atoms with Crippen LogP contribution in [0.3, 0.4) is 0 Å². The van der Waals surface area contributed by atoms with Crippen molar-refractivity contribution in [1.29, 1.82) is 0 Å². The number of H-pyrrole nitrogens is 1. The van der Waals surface area contributed by atoms with Crippen LogP contribution in [0.1, 0.15) is 29.8 Å². The van der Waals surface area contributed by atoms with Crippen LogP contribution in [0.25, 0.3) is 11.3 Å². The van der Waals surface area contributed by atoms with E-state index in [9.17, 15) is 4.79 Å². The van der Waals surface area contributed by atoms with Gasteiger partial charge in [0.15, 0.2) is 0 Å². The van der Waals surface area contributed by atoms with Crippen LogP contribution in [-0.4, -0.2) is 59.4 Å². The number of nitrogens with zero attached hydrogens (tertiary/aromatic N) is 2. The fourth-order valence-electron chi connectivity index (χ4n) is 3.53. The molecule has 0 unspecified atom stereocenters. The highest BCUT2D eigenvalue weighted by Gasteiger charge is 2.35. The summed E-state index contributed by atoms with van der Waals surface area (Å²) in [5.41, 5.74) is 2.34. The predicted molar refractivity (Wildman–Crippen MR) is 93.2 cm³/mol. The van der Waals surface area contributed by atoms with Crippen molar-refractivity contribution >= 4 is 17.2 Å². The van der Waals surface area contributed by atoms with E-state index >= 15 is 0 Å². The van der Waals surface area contributed by atoms with E-state index in [-0.39, 0.29) is 18.0 Å². The molecule has 7 heteroatoms. The highest BCUT2D eigenvalue weighted by molar-refractivity contribution is 7.08. The van der Waals surface area contributed by atoms with Gasteiger partial charge in [-0.2, -0.15) is 16.4 Å². The molecule has 0 aromatic carbocycles. The van der Waals surface area contributed by atoms with Crippen molar-refractivity contribution in [2.45, 2.75) is 31.3 Å². The second-order valence-corrected chi connectivity index (χ2v) is 7.24. The summed E-state index contributed by atoms with van der Waals surface area (Å²) in [6, 6.07) is 4.14. The third-order valence-corrected chi connectivity index (χ3v) is 5.55. The van der Waals surface area contributed by atoms with Crippen molar-refractivity contribution < 1.29 is 9.53 Å². The average molecular weight is 346 g/mol. The largest absolute Gasteiger partial charge is 0.378 e. The minimum Gasteiger partial charge on any atom is -0.378 e. The van der Waals surface area contributed by atoms with Crippen molar-refractivity contribution in [2.75, 3.05) is 26.3 Å². The summed E-state index contributed by atoms with van der Waals surface area (Å²) >= 11 is 1.62. The highest BCUT2D eigenvalue weighted by atomic mass is 32.1. The van der Waals surface area contributed by atoms with E-state index in [1.807, 2.05) is 22.9 Å². The van der Waals surface area contributed by atoms with Gasteiger partial charge in [-0.15, -0.1) is 0 Å². The fraction of sp³-hybridized carbons (Fsp3) is 0.529. The highest BCUT2D eigenvalue weighted by Crippen LogP contribution is 2.21. The summed E-state index contributed by atoms with van der Waals surface area (Å²) in [5.74, 6) is -0.110. The Morgan fingerprint density at radius 2 is 2.21 bits per heavy atom. The average Bonchev–Trinajstić information content (AvgIpc) is 3.36. The number of likely N-dealkylation sites (tertiary alicyclic amines) is 1. The second kappa shape index (κ2) is 7.04. The third-order valence-electron chi connectivity index (χ3n) is 4.87. The van der Waals surface area contributed by atoms with Crippen molar-refractivity contribution in [3.8, 4) is 11.3 Å². The molecule has 2 aliphatic heterocycles. The van der Waals surface area contributed by atoms with Crippen LogP contribution in [0.4, 0.5) is 0 Å². The van der Waals surface area contributed by atoms with Crippen LogP contribution in [0.2, 0.25) is 0 Å². The second-order valence-electron chi connectivity index (χ2n) is 6.46. The molecule has 128 valence electrons. The number of aromatic nitrogens is 2. The van der Waals surface area contributed by atoms with E-state index in [4.69, 9.17) is 4.74 Å². The van der Waals surface area contributed by atoms with Gasteiger partial charge >= 0.3 is 0 Å². The number of rotatable bonds is 4. The Kier molecular flexibility index (Phi) is 4.64. The van der Waals surface area contributed by atoms with Crippen LogP contribution < -0.4 is 5.32 Å². The van der Waals surface area contributed by atoms with Gasteiger partial charge in [-0.05, 0) is 43.4 Å². The fourth-order valence-corrected chi connectivity index (χ4v) is 4.18. The molecule has 4 rings (SSSR count). The minimum absolute atomic E-state index is 0.0449. The Balaban J connectivity index is 1.41. The first kappa shape index (κ1) is 15.8. The number of thiophene rings is 1. The molecule has 2 atom stereocenters. The number of carbonyl (C=O) groups is 1. The Bertz CT molecular complexity index is 679. The molecule has 0 saturated carbocycles. The van der Waals surface area contributed by atoms with Crippen molar-refractivity contribution in [1.82, 2.24) is 20.4 Å². The quantitative estimate of drug-likeness (QED) is 0.890. The third kappa shape index (κ3) is 3.24. The van der Waals surface area contributed by atoms with Gasteiger partial charge in [-0.1, -0.05) is 6.42 Å². The summed E-state index contributed by atoms with van der Waals surface area (Å²) < 4.78 is 5.64. The van der Waals surface area contributed by atoms with Crippen LogP contribution in [0, 0.1) is 0 Å². The van der Waals surface area contributed by atoms with E-state index in [1.165, 1.54) is 19.3 Å². The number of carbonyl (C=O) groups excluding carboxylic acids is 1. The van der Waals surface area contributed by atoms with Gasteiger partial charge in [-0.25, -0.2) is 0 Å². The van der Waals surface area contributed by atoms with Crippen LogP contribution in [-0.2, 0) is 4.74 Å². The zero-order valence-electron chi connectivity index (χ0n) is 13.5. The van der Waals surface area contributed by atoms with Crippen LogP contribution in [0.15, 0.2) is 22.9 Å². The normalized spacial score (nSPS) is 25.0. The Hall–Kier alpha value is -1.70. The Morgan fingerprint density at radius 3 is 3.00 bits per heavy atom. The van der Waals surface area contributed by atoms with Gasteiger partial charge in [0.2, 0.25) is 0 Å². The van der Waals surface area contributed by atoms with Gasteiger partial charge in [0.05, 0.1) is 31.0 Å². The molecule has 2 aromatic rings.